The Morgan fingerprint density at radius 2 is 1.66 bits per heavy atom. The highest BCUT2D eigenvalue weighted by molar-refractivity contribution is 7.80. The lowest BCUT2D eigenvalue weighted by atomic mass is 10.1. The first kappa shape index (κ1) is 19.0. The highest BCUT2D eigenvalue weighted by Gasteiger charge is 2.09. The summed E-state index contributed by atoms with van der Waals surface area (Å²) in [5, 5.41) is 3.95. The van der Waals surface area contributed by atoms with Crippen LogP contribution in [-0.2, 0) is 0 Å². The van der Waals surface area contributed by atoms with Gasteiger partial charge in [-0.3, -0.25) is 15.6 Å². The lowest BCUT2D eigenvalue weighted by Crippen LogP contribution is -2.43. The average molecular weight is 423 g/mol. The fraction of sp³-hybridized carbons (Fsp3) is 0. The Morgan fingerprint density at radius 1 is 0.931 bits per heavy atom. The second-order valence-corrected chi connectivity index (χ2v) is 7.54. The van der Waals surface area contributed by atoms with Crippen LogP contribution in [-0.4, -0.2) is 16.0 Å². The third-order valence-electron chi connectivity index (χ3n) is 4.08. The predicted molar refractivity (Wildman–Crippen MR) is 118 cm³/mol. The summed E-state index contributed by atoms with van der Waals surface area (Å²) < 4.78 is 14.0. The van der Waals surface area contributed by atoms with Crippen LogP contribution >= 0.6 is 23.6 Å². The summed E-state index contributed by atoms with van der Waals surface area (Å²) in [6.45, 7) is 0. The molecule has 8 heteroatoms. The zero-order valence-corrected chi connectivity index (χ0v) is 16.6. The van der Waals surface area contributed by atoms with Crippen molar-refractivity contribution >= 4 is 50.5 Å². The third-order valence-corrected chi connectivity index (χ3v) is 5.37. The number of carbonyl (C=O) groups is 1. The van der Waals surface area contributed by atoms with Crippen LogP contribution in [0.15, 0.2) is 72.8 Å². The molecule has 0 unspecified atom stereocenters. The highest BCUT2D eigenvalue weighted by Crippen LogP contribution is 2.29. The van der Waals surface area contributed by atoms with Crippen LogP contribution in [0.4, 0.5) is 10.1 Å². The molecule has 4 aromatic rings. The number of hydrogen-bond donors (Lipinski definition) is 3. The molecule has 0 saturated carbocycles. The number of amides is 1. The predicted octanol–water partition coefficient (Wildman–Crippen LogP) is 4.73. The number of anilines is 1. The summed E-state index contributed by atoms with van der Waals surface area (Å²) in [6.07, 6.45) is 0. The van der Waals surface area contributed by atoms with Gasteiger partial charge in [-0.15, -0.1) is 11.3 Å². The van der Waals surface area contributed by atoms with Crippen molar-refractivity contribution in [3.8, 4) is 10.6 Å². The Labute approximate surface area is 175 Å². The third kappa shape index (κ3) is 4.56. The van der Waals surface area contributed by atoms with Crippen molar-refractivity contribution in [2.75, 3.05) is 5.32 Å². The van der Waals surface area contributed by atoms with Crippen LogP contribution in [0.1, 0.15) is 10.4 Å². The van der Waals surface area contributed by atoms with Gasteiger partial charge in [0, 0.05) is 16.8 Å². The molecule has 1 amide bonds. The van der Waals surface area contributed by atoms with Gasteiger partial charge in [0.1, 0.15) is 10.8 Å². The van der Waals surface area contributed by atoms with Gasteiger partial charge >= 0.3 is 0 Å². The van der Waals surface area contributed by atoms with Crippen molar-refractivity contribution in [2.45, 2.75) is 0 Å². The first-order valence-electron chi connectivity index (χ1n) is 8.67. The number of halogens is 1. The Morgan fingerprint density at radius 3 is 2.38 bits per heavy atom. The molecule has 4 rings (SSSR count). The summed E-state index contributed by atoms with van der Waals surface area (Å²) in [4.78, 5) is 16.9. The molecule has 0 aliphatic rings. The number of benzene rings is 3. The Balaban J connectivity index is 1.36. The standard InChI is InChI=1S/C21H15FN4OS2/c22-15-9-11-16(12-10-15)23-21(28)26-25-19(27)13-5-7-14(8-6-13)20-24-17-3-1-2-4-18(17)29-20/h1-12H,(H,25,27)(H2,23,26,28). The van der Waals surface area contributed by atoms with Gasteiger partial charge in [-0.2, -0.15) is 0 Å². The maximum absolute atomic E-state index is 12.9. The van der Waals surface area contributed by atoms with E-state index in [2.05, 4.69) is 21.2 Å². The summed E-state index contributed by atoms with van der Waals surface area (Å²) in [7, 11) is 0. The number of thiazole rings is 1. The minimum absolute atomic E-state index is 0.191. The first-order chi connectivity index (χ1) is 14.1. The van der Waals surface area contributed by atoms with E-state index in [-0.39, 0.29) is 16.8 Å². The Kier molecular flexibility index (Phi) is 5.46. The molecule has 1 aromatic heterocycles. The van der Waals surface area contributed by atoms with Crippen molar-refractivity contribution in [2.24, 2.45) is 0 Å². The molecule has 3 aromatic carbocycles. The van der Waals surface area contributed by atoms with Crippen LogP contribution in [0, 0.1) is 5.82 Å². The van der Waals surface area contributed by atoms with Crippen molar-refractivity contribution in [1.82, 2.24) is 15.8 Å². The molecule has 0 radical (unpaired) electrons. The van der Waals surface area contributed by atoms with E-state index in [4.69, 9.17) is 12.2 Å². The van der Waals surface area contributed by atoms with Crippen molar-refractivity contribution in [3.05, 3.63) is 84.2 Å². The average Bonchev–Trinajstić information content (AvgIpc) is 3.18. The van der Waals surface area contributed by atoms with Gasteiger partial charge in [-0.1, -0.05) is 24.3 Å². The number of rotatable bonds is 3. The van der Waals surface area contributed by atoms with E-state index in [9.17, 15) is 9.18 Å². The van der Waals surface area contributed by atoms with Gasteiger partial charge in [0.05, 0.1) is 10.2 Å². The molecule has 0 bridgehead atoms. The number of nitrogens with one attached hydrogen (secondary N) is 3. The Bertz CT molecular complexity index is 1140. The van der Waals surface area contributed by atoms with Crippen LogP contribution in [0.3, 0.4) is 0 Å². The number of nitrogens with zero attached hydrogens (tertiary/aromatic N) is 1. The van der Waals surface area contributed by atoms with E-state index in [1.165, 1.54) is 12.1 Å². The lowest BCUT2D eigenvalue weighted by molar-refractivity contribution is 0.0944. The molecule has 5 nitrogen and oxygen atoms in total. The van der Waals surface area contributed by atoms with E-state index in [1.807, 2.05) is 36.4 Å². The normalized spacial score (nSPS) is 10.5. The number of para-hydroxylation sites is 1. The number of thiocarbonyl (C=S) groups is 1. The summed E-state index contributed by atoms with van der Waals surface area (Å²) in [5.41, 5.74) is 8.15. The maximum atomic E-state index is 12.9. The topological polar surface area (TPSA) is 66.1 Å². The van der Waals surface area contributed by atoms with Crippen molar-refractivity contribution in [3.63, 3.8) is 0 Å². The largest absolute Gasteiger partial charge is 0.331 e. The van der Waals surface area contributed by atoms with Gasteiger partial charge in [0.2, 0.25) is 0 Å². The monoisotopic (exact) mass is 422 g/mol. The fourth-order valence-electron chi connectivity index (χ4n) is 2.64. The van der Waals surface area contributed by atoms with Crippen molar-refractivity contribution in [1.29, 1.82) is 0 Å². The number of carbonyl (C=O) groups excluding carboxylic acids is 1. The maximum Gasteiger partial charge on any atom is 0.269 e. The first-order valence-corrected chi connectivity index (χ1v) is 9.90. The van der Waals surface area contributed by atoms with Gasteiger partial charge in [0.15, 0.2) is 5.11 Å². The van der Waals surface area contributed by atoms with Gasteiger partial charge in [-0.05, 0) is 60.7 Å². The van der Waals surface area contributed by atoms with Crippen molar-refractivity contribution < 1.29 is 9.18 Å². The van der Waals surface area contributed by atoms with Gasteiger partial charge in [0.25, 0.3) is 5.91 Å². The molecule has 0 spiro atoms. The lowest BCUT2D eigenvalue weighted by Gasteiger charge is -2.11. The van der Waals surface area contributed by atoms with Gasteiger partial charge in [-0.25, -0.2) is 9.37 Å². The number of fused-ring (bicyclic) bond motifs is 1. The van der Waals surface area contributed by atoms with Gasteiger partial charge < -0.3 is 5.32 Å². The smallest absolute Gasteiger partial charge is 0.269 e. The van der Waals surface area contributed by atoms with E-state index in [1.54, 1.807) is 35.6 Å². The van der Waals surface area contributed by atoms with E-state index in [0.29, 0.717) is 11.3 Å². The molecule has 29 heavy (non-hydrogen) atoms. The molecule has 1 heterocycles. The minimum Gasteiger partial charge on any atom is -0.331 e. The molecule has 3 N–H and O–H groups in total. The second kappa shape index (κ2) is 8.34. The second-order valence-electron chi connectivity index (χ2n) is 6.10. The molecule has 0 atom stereocenters. The minimum atomic E-state index is -0.336. The molecular weight excluding hydrogens is 407 g/mol. The SMILES string of the molecule is O=C(NNC(=S)Nc1ccc(F)cc1)c1ccc(-c2nc3ccccc3s2)cc1. The molecule has 144 valence electrons. The number of hydrazine groups is 1. The van der Waals surface area contributed by atoms with E-state index in [0.717, 1.165) is 20.8 Å². The molecular formula is C21H15FN4OS2. The zero-order valence-electron chi connectivity index (χ0n) is 15.0. The van der Waals surface area contributed by atoms with E-state index >= 15 is 0 Å². The Hall–Kier alpha value is -3.36. The van der Waals surface area contributed by atoms with E-state index < -0.39 is 0 Å². The zero-order chi connectivity index (χ0) is 20.2. The van der Waals surface area contributed by atoms with Crippen LogP contribution in [0.5, 0.6) is 0 Å². The summed E-state index contributed by atoms with van der Waals surface area (Å²) in [5.74, 6) is -0.666. The number of hydrogen-bond acceptors (Lipinski definition) is 4. The molecule has 0 fully saturated rings. The molecule has 0 aliphatic heterocycles. The van der Waals surface area contributed by atoms with Crippen LogP contribution < -0.4 is 16.2 Å². The molecule has 0 saturated heterocycles. The van der Waals surface area contributed by atoms with Crippen LogP contribution in [0.2, 0.25) is 0 Å². The number of aromatic nitrogens is 1. The highest BCUT2D eigenvalue weighted by atomic mass is 32.1. The van der Waals surface area contributed by atoms with Crippen LogP contribution in [0.25, 0.3) is 20.8 Å². The summed E-state index contributed by atoms with van der Waals surface area (Å²) >= 11 is 6.72. The fourth-order valence-corrected chi connectivity index (χ4v) is 3.78. The summed E-state index contributed by atoms with van der Waals surface area (Å²) in [6, 6.07) is 20.9. The molecule has 0 aliphatic carbocycles. The quantitative estimate of drug-likeness (QED) is 0.329.